The standard InChI is InChI=1S/C10H17F4NO/c11-9(12)10(13,14)6-16-8-4-2-1-3-7(8)5-15/h7-9H,1-6,15H2. The minimum atomic E-state index is -4.06. The predicted octanol–water partition coefficient (Wildman–Crippen LogP) is 2.42. The van der Waals surface area contributed by atoms with E-state index in [0.717, 1.165) is 19.3 Å². The minimum Gasteiger partial charge on any atom is -0.371 e. The third kappa shape index (κ3) is 3.59. The number of nitrogens with two attached hydrogens (primary N) is 1. The molecule has 1 fully saturated rings. The van der Waals surface area contributed by atoms with Crippen molar-refractivity contribution in [3.63, 3.8) is 0 Å². The molecule has 1 aliphatic carbocycles. The molecule has 2 N–H and O–H groups in total. The third-order valence-electron chi connectivity index (χ3n) is 2.95. The van der Waals surface area contributed by atoms with Crippen LogP contribution in [0.4, 0.5) is 17.6 Å². The molecule has 0 spiro atoms. The highest BCUT2D eigenvalue weighted by Crippen LogP contribution is 2.29. The molecule has 1 rings (SSSR count). The average molecular weight is 243 g/mol. The largest absolute Gasteiger partial charge is 0.371 e. The fourth-order valence-corrected chi connectivity index (χ4v) is 1.94. The lowest BCUT2D eigenvalue weighted by molar-refractivity contribution is -0.183. The van der Waals surface area contributed by atoms with E-state index in [1.807, 2.05) is 0 Å². The zero-order valence-electron chi connectivity index (χ0n) is 8.97. The molecule has 16 heavy (non-hydrogen) atoms. The zero-order valence-corrected chi connectivity index (χ0v) is 8.97. The van der Waals surface area contributed by atoms with Crippen LogP contribution in [0, 0.1) is 5.92 Å². The number of halogens is 4. The van der Waals surface area contributed by atoms with Gasteiger partial charge in [0, 0.05) is 0 Å². The summed E-state index contributed by atoms with van der Waals surface area (Å²) in [4.78, 5) is 0. The summed E-state index contributed by atoms with van der Waals surface area (Å²) >= 11 is 0. The molecular weight excluding hydrogens is 226 g/mol. The second kappa shape index (κ2) is 5.82. The number of hydrogen-bond donors (Lipinski definition) is 1. The normalized spacial score (nSPS) is 27.4. The molecule has 0 aromatic carbocycles. The summed E-state index contributed by atoms with van der Waals surface area (Å²) in [7, 11) is 0. The predicted molar refractivity (Wildman–Crippen MR) is 51.7 cm³/mol. The van der Waals surface area contributed by atoms with E-state index in [0.29, 0.717) is 13.0 Å². The van der Waals surface area contributed by atoms with Gasteiger partial charge in [-0.15, -0.1) is 0 Å². The molecule has 0 radical (unpaired) electrons. The first-order valence-electron chi connectivity index (χ1n) is 5.45. The molecule has 0 aromatic rings. The lowest BCUT2D eigenvalue weighted by Crippen LogP contribution is -2.39. The summed E-state index contributed by atoms with van der Waals surface area (Å²) < 4.78 is 53.9. The Morgan fingerprint density at radius 2 is 1.88 bits per heavy atom. The van der Waals surface area contributed by atoms with Gasteiger partial charge in [-0.2, -0.15) is 8.78 Å². The van der Waals surface area contributed by atoms with Crippen molar-refractivity contribution in [3.05, 3.63) is 0 Å². The number of hydrogen-bond acceptors (Lipinski definition) is 2. The highest BCUT2D eigenvalue weighted by atomic mass is 19.3. The highest BCUT2D eigenvalue weighted by molar-refractivity contribution is 4.78. The second-order valence-electron chi connectivity index (χ2n) is 4.19. The smallest absolute Gasteiger partial charge is 0.330 e. The summed E-state index contributed by atoms with van der Waals surface area (Å²) in [5, 5.41) is 0. The van der Waals surface area contributed by atoms with Crippen molar-refractivity contribution in [2.45, 2.75) is 44.1 Å². The molecule has 0 saturated heterocycles. The van der Waals surface area contributed by atoms with Gasteiger partial charge in [-0.25, -0.2) is 8.78 Å². The van der Waals surface area contributed by atoms with Crippen LogP contribution in [0.1, 0.15) is 25.7 Å². The van der Waals surface area contributed by atoms with Gasteiger partial charge in [-0.3, -0.25) is 0 Å². The molecule has 0 bridgehead atoms. The molecule has 0 aromatic heterocycles. The Kier molecular flexibility index (Phi) is 4.98. The van der Waals surface area contributed by atoms with E-state index in [2.05, 4.69) is 0 Å². The van der Waals surface area contributed by atoms with E-state index in [-0.39, 0.29) is 5.92 Å². The van der Waals surface area contributed by atoms with Gasteiger partial charge in [0.2, 0.25) is 0 Å². The molecule has 2 nitrogen and oxygen atoms in total. The Labute approximate surface area is 92.1 Å². The monoisotopic (exact) mass is 243 g/mol. The van der Waals surface area contributed by atoms with Crippen molar-refractivity contribution in [2.75, 3.05) is 13.2 Å². The Morgan fingerprint density at radius 3 is 2.44 bits per heavy atom. The van der Waals surface area contributed by atoms with Crippen LogP contribution in [-0.4, -0.2) is 31.6 Å². The third-order valence-corrected chi connectivity index (χ3v) is 2.95. The summed E-state index contributed by atoms with van der Waals surface area (Å²) in [5.41, 5.74) is 5.48. The van der Waals surface area contributed by atoms with E-state index < -0.39 is 25.1 Å². The maximum atomic E-state index is 12.6. The molecule has 2 unspecified atom stereocenters. The topological polar surface area (TPSA) is 35.2 Å². The maximum absolute atomic E-state index is 12.6. The van der Waals surface area contributed by atoms with Gasteiger partial charge in [-0.1, -0.05) is 12.8 Å². The Bertz CT molecular complexity index is 213. The van der Waals surface area contributed by atoms with E-state index in [1.54, 1.807) is 0 Å². The van der Waals surface area contributed by atoms with E-state index in [1.165, 1.54) is 0 Å². The summed E-state index contributed by atoms with van der Waals surface area (Å²) in [6.45, 7) is -0.864. The van der Waals surface area contributed by atoms with Gasteiger partial charge in [0.05, 0.1) is 6.10 Å². The quantitative estimate of drug-likeness (QED) is 0.753. The van der Waals surface area contributed by atoms with Crippen LogP contribution >= 0.6 is 0 Å². The molecule has 1 saturated carbocycles. The molecular formula is C10H17F4NO. The zero-order chi connectivity index (χ0) is 12.2. The van der Waals surface area contributed by atoms with Gasteiger partial charge < -0.3 is 10.5 Å². The molecule has 6 heteroatoms. The van der Waals surface area contributed by atoms with Crippen molar-refractivity contribution in [2.24, 2.45) is 11.7 Å². The van der Waals surface area contributed by atoms with Gasteiger partial charge >= 0.3 is 12.3 Å². The van der Waals surface area contributed by atoms with Gasteiger partial charge in [0.25, 0.3) is 0 Å². The van der Waals surface area contributed by atoms with Crippen molar-refractivity contribution in [3.8, 4) is 0 Å². The van der Waals surface area contributed by atoms with Crippen LogP contribution in [-0.2, 0) is 4.74 Å². The van der Waals surface area contributed by atoms with Gasteiger partial charge in [0.15, 0.2) is 0 Å². The second-order valence-corrected chi connectivity index (χ2v) is 4.19. The molecule has 1 aliphatic rings. The van der Waals surface area contributed by atoms with Crippen LogP contribution in [0.5, 0.6) is 0 Å². The van der Waals surface area contributed by atoms with Crippen molar-refractivity contribution < 1.29 is 22.3 Å². The summed E-state index contributed by atoms with van der Waals surface area (Å²) in [6.07, 6.45) is -0.757. The Balaban J connectivity index is 2.40. The van der Waals surface area contributed by atoms with Crippen molar-refractivity contribution in [1.82, 2.24) is 0 Å². The van der Waals surface area contributed by atoms with Crippen molar-refractivity contribution in [1.29, 1.82) is 0 Å². The summed E-state index contributed by atoms with van der Waals surface area (Å²) in [5.74, 6) is -4.04. The first-order valence-corrected chi connectivity index (χ1v) is 5.45. The van der Waals surface area contributed by atoms with Crippen LogP contribution in [0.2, 0.25) is 0 Å². The summed E-state index contributed by atoms with van der Waals surface area (Å²) in [6, 6.07) is 0. The SMILES string of the molecule is NCC1CCCCC1OCC(F)(F)C(F)F. The van der Waals surface area contributed by atoms with Crippen LogP contribution < -0.4 is 5.73 Å². The Hall–Kier alpha value is -0.360. The maximum Gasteiger partial charge on any atom is 0.330 e. The highest BCUT2D eigenvalue weighted by Gasteiger charge is 2.42. The lowest BCUT2D eigenvalue weighted by atomic mass is 9.86. The van der Waals surface area contributed by atoms with Gasteiger partial charge in [-0.05, 0) is 25.3 Å². The van der Waals surface area contributed by atoms with E-state index in [4.69, 9.17) is 10.5 Å². The lowest BCUT2D eigenvalue weighted by Gasteiger charge is -2.31. The number of ether oxygens (including phenoxy) is 1. The van der Waals surface area contributed by atoms with E-state index in [9.17, 15) is 17.6 Å². The van der Waals surface area contributed by atoms with Crippen LogP contribution in [0.3, 0.4) is 0 Å². The first kappa shape index (κ1) is 13.7. The molecule has 0 aliphatic heterocycles. The van der Waals surface area contributed by atoms with Gasteiger partial charge in [0.1, 0.15) is 6.61 Å². The average Bonchev–Trinajstić information content (AvgIpc) is 2.26. The van der Waals surface area contributed by atoms with E-state index >= 15 is 0 Å². The first-order chi connectivity index (χ1) is 7.47. The fourth-order valence-electron chi connectivity index (χ4n) is 1.94. The van der Waals surface area contributed by atoms with Crippen molar-refractivity contribution >= 4 is 0 Å². The molecule has 96 valence electrons. The van der Waals surface area contributed by atoms with Crippen LogP contribution in [0.15, 0.2) is 0 Å². The molecule has 0 amide bonds. The van der Waals surface area contributed by atoms with Crippen LogP contribution in [0.25, 0.3) is 0 Å². The number of alkyl halides is 4. The minimum absolute atomic E-state index is 0.0159. The fraction of sp³-hybridized carbons (Fsp3) is 1.00. The Morgan fingerprint density at radius 1 is 1.25 bits per heavy atom. The molecule has 0 heterocycles. The number of rotatable bonds is 5. The molecule has 2 atom stereocenters.